The first kappa shape index (κ1) is 15.8. The average Bonchev–Trinajstić information content (AvgIpc) is 2.68. The van der Waals surface area contributed by atoms with Crippen molar-refractivity contribution < 1.29 is 8.78 Å². The van der Waals surface area contributed by atoms with Crippen molar-refractivity contribution in [2.24, 2.45) is 5.92 Å². The largest absolute Gasteiger partial charge is 0.314 e. The van der Waals surface area contributed by atoms with Gasteiger partial charge in [0.25, 0.3) is 0 Å². The summed E-state index contributed by atoms with van der Waals surface area (Å²) in [6, 6.07) is 0.279. The van der Waals surface area contributed by atoms with E-state index in [9.17, 15) is 8.78 Å². The zero-order valence-corrected chi connectivity index (χ0v) is 13.3. The summed E-state index contributed by atoms with van der Waals surface area (Å²) in [6.45, 7) is 7.06. The molecule has 2 nitrogen and oxygen atoms in total. The lowest BCUT2D eigenvalue weighted by Crippen LogP contribution is -2.41. The molecule has 0 aromatic carbocycles. The number of likely N-dealkylation sites (N-methyl/N-ethyl adjacent to an activating group) is 1. The molecule has 1 atom stereocenters. The molecule has 2 rings (SSSR count). The van der Waals surface area contributed by atoms with Gasteiger partial charge in [0.2, 0.25) is 5.92 Å². The number of aryl methyl sites for hydroxylation is 2. The zero-order chi connectivity index (χ0) is 14.8. The minimum Gasteiger partial charge on any atom is -0.314 e. The van der Waals surface area contributed by atoms with Gasteiger partial charge in [0.05, 0.1) is 10.7 Å². The number of hydrogen-bond donors (Lipinski definition) is 1. The maximum atomic E-state index is 13.3. The summed E-state index contributed by atoms with van der Waals surface area (Å²) in [7, 11) is 0. The Labute approximate surface area is 124 Å². The highest BCUT2D eigenvalue weighted by Crippen LogP contribution is 2.38. The maximum Gasteiger partial charge on any atom is 0.248 e. The Balaban J connectivity index is 2.00. The first-order valence-corrected chi connectivity index (χ1v) is 8.27. The highest BCUT2D eigenvalue weighted by molar-refractivity contribution is 7.11. The predicted octanol–water partition coefficient (Wildman–Crippen LogP) is 4.11. The molecule has 1 fully saturated rings. The summed E-state index contributed by atoms with van der Waals surface area (Å²) in [4.78, 5) is 5.84. The average molecular weight is 302 g/mol. The van der Waals surface area contributed by atoms with E-state index >= 15 is 0 Å². The van der Waals surface area contributed by atoms with E-state index in [0.717, 1.165) is 23.7 Å². The highest BCUT2D eigenvalue weighted by atomic mass is 32.1. The molecule has 0 spiro atoms. The van der Waals surface area contributed by atoms with Gasteiger partial charge in [0, 0.05) is 30.2 Å². The number of hydrogen-bond acceptors (Lipinski definition) is 3. The minimum absolute atomic E-state index is 0.0372. The molecular formula is C15H24F2N2S. The molecule has 114 valence electrons. The van der Waals surface area contributed by atoms with Crippen LogP contribution in [0.25, 0.3) is 0 Å². The molecule has 0 bridgehead atoms. The molecule has 1 aromatic rings. The van der Waals surface area contributed by atoms with Gasteiger partial charge in [-0.3, -0.25) is 0 Å². The third-order valence-electron chi connectivity index (χ3n) is 4.26. The standard InChI is InChI=1S/C15H24F2N2S/c1-4-18-13(9-14-19-10(2)11(3)20-14)12-5-7-15(16,17)8-6-12/h12-13,18H,4-9H2,1-3H3. The van der Waals surface area contributed by atoms with Gasteiger partial charge in [0.15, 0.2) is 0 Å². The Kier molecular flexibility index (Phi) is 5.13. The van der Waals surface area contributed by atoms with Crippen molar-refractivity contribution in [2.75, 3.05) is 6.54 Å². The van der Waals surface area contributed by atoms with Crippen LogP contribution in [0.2, 0.25) is 0 Å². The fourth-order valence-corrected chi connectivity index (χ4v) is 3.94. The van der Waals surface area contributed by atoms with Crippen molar-refractivity contribution in [2.45, 2.75) is 64.8 Å². The highest BCUT2D eigenvalue weighted by Gasteiger charge is 2.37. The number of rotatable bonds is 5. The van der Waals surface area contributed by atoms with Gasteiger partial charge in [-0.05, 0) is 39.2 Å². The van der Waals surface area contributed by atoms with Crippen LogP contribution in [0, 0.1) is 19.8 Å². The van der Waals surface area contributed by atoms with Gasteiger partial charge < -0.3 is 5.32 Å². The van der Waals surface area contributed by atoms with Crippen LogP contribution in [-0.4, -0.2) is 23.5 Å². The van der Waals surface area contributed by atoms with E-state index in [1.807, 2.05) is 6.92 Å². The lowest BCUT2D eigenvalue weighted by Gasteiger charge is -2.34. The quantitative estimate of drug-likeness (QED) is 0.885. The van der Waals surface area contributed by atoms with Gasteiger partial charge >= 0.3 is 0 Å². The van der Waals surface area contributed by atoms with Crippen LogP contribution in [-0.2, 0) is 6.42 Å². The second-order valence-electron chi connectivity index (χ2n) is 5.81. The van der Waals surface area contributed by atoms with Crippen LogP contribution >= 0.6 is 11.3 Å². The van der Waals surface area contributed by atoms with Gasteiger partial charge in [-0.1, -0.05) is 6.92 Å². The SMILES string of the molecule is CCNC(Cc1nc(C)c(C)s1)C1CCC(F)(F)CC1. The van der Waals surface area contributed by atoms with E-state index in [4.69, 9.17) is 0 Å². The Hall–Kier alpha value is -0.550. The Morgan fingerprint density at radius 1 is 1.35 bits per heavy atom. The topological polar surface area (TPSA) is 24.9 Å². The molecule has 0 amide bonds. The molecule has 5 heteroatoms. The summed E-state index contributed by atoms with van der Waals surface area (Å²) >= 11 is 1.73. The second kappa shape index (κ2) is 6.48. The van der Waals surface area contributed by atoms with Crippen molar-refractivity contribution in [3.05, 3.63) is 15.6 Å². The second-order valence-corrected chi connectivity index (χ2v) is 7.10. The van der Waals surface area contributed by atoms with Gasteiger partial charge in [-0.15, -0.1) is 11.3 Å². The van der Waals surface area contributed by atoms with Gasteiger partial charge in [-0.2, -0.15) is 0 Å². The predicted molar refractivity (Wildman–Crippen MR) is 79.7 cm³/mol. The number of thiazole rings is 1. The molecule has 0 aliphatic heterocycles. The summed E-state index contributed by atoms with van der Waals surface area (Å²) in [5, 5.41) is 4.61. The Bertz CT molecular complexity index is 416. The maximum absolute atomic E-state index is 13.3. The Morgan fingerprint density at radius 3 is 2.50 bits per heavy atom. The van der Waals surface area contributed by atoms with Gasteiger partial charge in [0.1, 0.15) is 0 Å². The van der Waals surface area contributed by atoms with Gasteiger partial charge in [-0.25, -0.2) is 13.8 Å². The van der Waals surface area contributed by atoms with E-state index < -0.39 is 5.92 Å². The van der Waals surface area contributed by atoms with Crippen LogP contribution in [0.5, 0.6) is 0 Å². The normalized spacial score (nSPS) is 21.1. The van der Waals surface area contributed by atoms with Crippen LogP contribution in [0.3, 0.4) is 0 Å². The molecule has 1 unspecified atom stereocenters. The first-order chi connectivity index (χ1) is 9.41. The molecule has 1 aliphatic carbocycles. The number of alkyl halides is 2. The molecule has 1 heterocycles. The summed E-state index contributed by atoms with van der Waals surface area (Å²) in [5.41, 5.74) is 1.09. The van der Waals surface area contributed by atoms with E-state index in [-0.39, 0.29) is 18.9 Å². The smallest absolute Gasteiger partial charge is 0.248 e. The van der Waals surface area contributed by atoms with E-state index in [1.54, 1.807) is 11.3 Å². The number of nitrogens with zero attached hydrogens (tertiary/aromatic N) is 1. The molecule has 0 saturated heterocycles. The molecule has 1 aliphatic rings. The van der Waals surface area contributed by atoms with Crippen LogP contribution < -0.4 is 5.32 Å². The van der Waals surface area contributed by atoms with Crippen molar-refractivity contribution in [1.82, 2.24) is 10.3 Å². The molecule has 1 aromatic heterocycles. The lowest BCUT2D eigenvalue weighted by atomic mass is 9.81. The van der Waals surface area contributed by atoms with Crippen LogP contribution in [0.15, 0.2) is 0 Å². The zero-order valence-electron chi connectivity index (χ0n) is 12.5. The van der Waals surface area contributed by atoms with E-state index in [1.165, 1.54) is 4.88 Å². The Morgan fingerprint density at radius 2 is 2.00 bits per heavy atom. The molecule has 1 N–H and O–H groups in total. The summed E-state index contributed by atoms with van der Waals surface area (Å²) < 4.78 is 26.6. The third-order valence-corrected chi connectivity index (χ3v) is 5.36. The van der Waals surface area contributed by atoms with Crippen LogP contribution in [0.1, 0.15) is 48.2 Å². The number of nitrogens with one attached hydrogen (secondary N) is 1. The first-order valence-electron chi connectivity index (χ1n) is 7.45. The minimum atomic E-state index is -2.44. The lowest BCUT2D eigenvalue weighted by molar-refractivity contribution is -0.0494. The fourth-order valence-electron chi connectivity index (χ4n) is 2.95. The van der Waals surface area contributed by atoms with E-state index in [2.05, 4.69) is 24.1 Å². The summed E-state index contributed by atoms with van der Waals surface area (Å²) in [5.74, 6) is -2.10. The number of aromatic nitrogens is 1. The van der Waals surface area contributed by atoms with Crippen molar-refractivity contribution in [3.63, 3.8) is 0 Å². The number of halogens is 2. The van der Waals surface area contributed by atoms with Crippen LogP contribution in [0.4, 0.5) is 8.78 Å². The third kappa shape index (κ3) is 3.98. The van der Waals surface area contributed by atoms with Crippen molar-refractivity contribution in [3.8, 4) is 0 Å². The monoisotopic (exact) mass is 302 g/mol. The van der Waals surface area contributed by atoms with E-state index in [0.29, 0.717) is 18.8 Å². The van der Waals surface area contributed by atoms with Crippen molar-refractivity contribution in [1.29, 1.82) is 0 Å². The molecular weight excluding hydrogens is 278 g/mol. The molecule has 0 radical (unpaired) electrons. The molecule has 20 heavy (non-hydrogen) atoms. The molecule has 1 saturated carbocycles. The van der Waals surface area contributed by atoms with Crippen molar-refractivity contribution >= 4 is 11.3 Å². The fraction of sp³-hybridized carbons (Fsp3) is 0.800. The summed E-state index contributed by atoms with van der Waals surface area (Å²) in [6.07, 6.45) is 2.18.